The monoisotopic (exact) mass is 196 g/mol. The van der Waals surface area contributed by atoms with Crippen molar-refractivity contribution in [3.8, 4) is 17.2 Å². The third-order valence-corrected chi connectivity index (χ3v) is 2.15. The smallest absolute Gasteiger partial charge is 0.164 e. The lowest BCUT2D eigenvalue weighted by Gasteiger charge is -2.14. The summed E-state index contributed by atoms with van der Waals surface area (Å²) in [6, 6.07) is 3.38. The van der Waals surface area contributed by atoms with Gasteiger partial charge >= 0.3 is 0 Å². The number of hydrogen-bond donors (Lipinski definition) is 1. The number of phenols is 1. The van der Waals surface area contributed by atoms with E-state index in [0.29, 0.717) is 11.7 Å². The van der Waals surface area contributed by atoms with Gasteiger partial charge in [0, 0.05) is 11.6 Å². The molecule has 3 heteroatoms. The molecule has 0 aliphatic rings. The molecule has 0 aromatic heterocycles. The van der Waals surface area contributed by atoms with Crippen molar-refractivity contribution < 1.29 is 14.6 Å². The van der Waals surface area contributed by atoms with Gasteiger partial charge in [0.1, 0.15) is 5.75 Å². The van der Waals surface area contributed by atoms with Crippen LogP contribution in [0, 0.1) is 0 Å². The summed E-state index contributed by atoms with van der Waals surface area (Å²) in [6.07, 6.45) is 0. The van der Waals surface area contributed by atoms with Crippen LogP contribution >= 0.6 is 0 Å². The summed E-state index contributed by atoms with van der Waals surface area (Å²) in [5, 5.41) is 9.58. The topological polar surface area (TPSA) is 38.7 Å². The van der Waals surface area contributed by atoms with Crippen LogP contribution in [-0.4, -0.2) is 19.3 Å². The lowest BCUT2D eigenvalue weighted by Crippen LogP contribution is -1.95. The van der Waals surface area contributed by atoms with Crippen LogP contribution < -0.4 is 9.47 Å². The maximum absolute atomic E-state index is 9.58. The van der Waals surface area contributed by atoms with E-state index < -0.39 is 0 Å². The van der Waals surface area contributed by atoms with E-state index in [1.807, 2.05) is 13.8 Å². The van der Waals surface area contributed by atoms with Crippen molar-refractivity contribution in [1.82, 2.24) is 0 Å². The lowest BCUT2D eigenvalue weighted by molar-refractivity contribution is 0.361. The molecule has 1 aromatic carbocycles. The maximum Gasteiger partial charge on any atom is 0.164 e. The van der Waals surface area contributed by atoms with Crippen molar-refractivity contribution in [1.29, 1.82) is 0 Å². The number of ether oxygens (including phenoxy) is 2. The second-order valence-electron chi connectivity index (χ2n) is 3.42. The highest BCUT2D eigenvalue weighted by molar-refractivity contribution is 5.50. The predicted molar refractivity (Wildman–Crippen MR) is 55.3 cm³/mol. The van der Waals surface area contributed by atoms with Crippen LogP contribution in [0.2, 0.25) is 0 Å². The van der Waals surface area contributed by atoms with Crippen molar-refractivity contribution in [3.05, 3.63) is 17.7 Å². The number of aromatic hydroxyl groups is 1. The first-order valence-electron chi connectivity index (χ1n) is 4.55. The van der Waals surface area contributed by atoms with Crippen LogP contribution in [0.1, 0.15) is 25.3 Å². The Morgan fingerprint density at radius 3 is 2.07 bits per heavy atom. The van der Waals surface area contributed by atoms with Crippen molar-refractivity contribution in [2.24, 2.45) is 0 Å². The summed E-state index contributed by atoms with van der Waals surface area (Å²) in [5.41, 5.74) is 0.978. The zero-order valence-corrected chi connectivity index (χ0v) is 9.00. The molecular weight excluding hydrogens is 180 g/mol. The van der Waals surface area contributed by atoms with E-state index in [0.717, 1.165) is 11.3 Å². The van der Waals surface area contributed by atoms with Gasteiger partial charge < -0.3 is 14.6 Å². The second kappa shape index (κ2) is 4.22. The van der Waals surface area contributed by atoms with E-state index >= 15 is 0 Å². The summed E-state index contributed by atoms with van der Waals surface area (Å²) >= 11 is 0. The third kappa shape index (κ3) is 1.92. The zero-order valence-electron chi connectivity index (χ0n) is 9.00. The molecule has 0 radical (unpaired) electrons. The Morgan fingerprint density at radius 1 is 1.07 bits per heavy atom. The Balaban J connectivity index is 3.24. The molecule has 0 fully saturated rings. The number of rotatable bonds is 3. The molecule has 0 spiro atoms. The van der Waals surface area contributed by atoms with Crippen molar-refractivity contribution in [2.45, 2.75) is 19.8 Å². The molecule has 1 aromatic rings. The van der Waals surface area contributed by atoms with Crippen molar-refractivity contribution >= 4 is 0 Å². The fourth-order valence-electron chi connectivity index (χ4n) is 1.36. The fraction of sp³-hybridized carbons (Fsp3) is 0.455. The van der Waals surface area contributed by atoms with Crippen molar-refractivity contribution in [3.63, 3.8) is 0 Å². The fourth-order valence-corrected chi connectivity index (χ4v) is 1.36. The molecule has 0 bridgehead atoms. The van der Waals surface area contributed by atoms with Gasteiger partial charge in [-0.05, 0) is 12.0 Å². The van der Waals surface area contributed by atoms with E-state index in [1.165, 1.54) is 7.11 Å². The molecule has 3 nitrogen and oxygen atoms in total. The standard InChI is InChI=1S/C11H16O3/c1-7(2)8-5-9(12)11(14-4)6-10(8)13-3/h5-7,12H,1-4H3. The van der Waals surface area contributed by atoms with E-state index in [-0.39, 0.29) is 5.75 Å². The Labute approximate surface area is 84.3 Å². The predicted octanol–water partition coefficient (Wildman–Crippen LogP) is 2.53. The Kier molecular flexibility index (Phi) is 3.23. The molecule has 0 atom stereocenters. The Morgan fingerprint density at radius 2 is 1.64 bits per heavy atom. The Hall–Kier alpha value is -1.38. The third-order valence-electron chi connectivity index (χ3n) is 2.15. The molecule has 0 heterocycles. The van der Waals surface area contributed by atoms with Crippen LogP contribution in [0.15, 0.2) is 12.1 Å². The summed E-state index contributed by atoms with van der Waals surface area (Å²) < 4.78 is 10.2. The molecular formula is C11H16O3. The van der Waals surface area contributed by atoms with Crippen LogP contribution in [0.25, 0.3) is 0 Å². The van der Waals surface area contributed by atoms with Gasteiger partial charge in [0.2, 0.25) is 0 Å². The normalized spacial score (nSPS) is 10.4. The second-order valence-corrected chi connectivity index (χ2v) is 3.42. The molecule has 0 aliphatic heterocycles. The van der Waals surface area contributed by atoms with E-state index in [2.05, 4.69) is 0 Å². The average Bonchev–Trinajstić information content (AvgIpc) is 2.17. The highest BCUT2D eigenvalue weighted by Crippen LogP contribution is 2.36. The van der Waals surface area contributed by atoms with Crippen LogP contribution in [-0.2, 0) is 0 Å². The highest BCUT2D eigenvalue weighted by Gasteiger charge is 2.12. The summed E-state index contributed by atoms with van der Waals surface area (Å²) in [4.78, 5) is 0. The number of benzene rings is 1. The van der Waals surface area contributed by atoms with Gasteiger partial charge in [-0.25, -0.2) is 0 Å². The molecule has 0 saturated heterocycles. The average molecular weight is 196 g/mol. The first kappa shape index (κ1) is 10.7. The van der Waals surface area contributed by atoms with Crippen molar-refractivity contribution in [2.75, 3.05) is 14.2 Å². The largest absolute Gasteiger partial charge is 0.504 e. The molecule has 0 unspecified atom stereocenters. The van der Waals surface area contributed by atoms with Gasteiger partial charge in [0.05, 0.1) is 14.2 Å². The quantitative estimate of drug-likeness (QED) is 0.807. The maximum atomic E-state index is 9.58. The number of phenolic OH excluding ortho intramolecular Hbond substituents is 1. The van der Waals surface area contributed by atoms with Gasteiger partial charge in [0.15, 0.2) is 11.5 Å². The molecule has 0 aliphatic carbocycles. The summed E-state index contributed by atoms with van der Waals surface area (Å²) in [6.45, 7) is 4.09. The molecule has 1 N–H and O–H groups in total. The van der Waals surface area contributed by atoms with E-state index in [4.69, 9.17) is 9.47 Å². The molecule has 14 heavy (non-hydrogen) atoms. The minimum Gasteiger partial charge on any atom is -0.504 e. The van der Waals surface area contributed by atoms with Gasteiger partial charge in [0.25, 0.3) is 0 Å². The Bertz CT molecular complexity index is 319. The zero-order chi connectivity index (χ0) is 10.7. The first-order valence-corrected chi connectivity index (χ1v) is 4.55. The van der Waals surface area contributed by atoms with Gasteiger partial charge in [-0.1, -0.05) is 13.8 Å². The summed E-state index contributed by atoms with van der Waals surface area (Å²) in [7, 11) is 3.13. The summed E-state index contributed by atoms with van der Waals surface area (Å²) in [5.74, 6) is 1.64. The number of hydrogen-bond acceptors (Lipinski definition) is 3. The first-order chi connectivity index (χ1) is 6.60. The van der Waals surface area contributed by atoms with Crippen LogP contribution in [0.4, 0.5) is 0 Å². The molecule has 0 saturated carbocycles. The van der Waals surface area contributed by atoms with E-state index in [1.54, 1.807) is 19.2 Å². The minimum atomic E-state index is 0.150. The van der Waals surface area contributed by atoms with E-state index in [9.17, 15) is 5.11 Å². The minimum absolute atomic E-state index is 0.150. The van der Waals surface area contributed by atoms with Crippen LogP contribution in [0.5, 0.6) is 17.2 Å². The molecule has 0 amide bonds. The van der Waals surface area contributed by atoms with Gasteiger partial charge in [-0.2, -0.15) is 0 Å². The molecule has 1 rings (SSSR count). The van der Waals surface area contributed by atoms with Gasteiger partial charge in [-0.3, -0.25) is 0 Å². The lowest BCUT2D eigenvalue weighted by atomic mass is 10.0. The molecule has 78 valence electrons. The number of methoxy groups -OCH3 is 2. The highest BCUT2D eigenvalue weighted by atomic mass is 16.5. The van der Waals surface area contributed by atoms with Gasteiger partial charge in [-0.15, -0.1) is 0 Å². The SMILES string of the molecule is COc1cc(OC)c(C(C)C)cc1O. The van der Waals surface area contributed by atoms with Crippen LogP contribution in [0.3, 0.4) is 0 Å².